The van der Waals surface area contributed by atoms with Gasteiger partial charge in [0.15, 0.2) is 0 Å². The third-order valence-corrected chi connectivity index (χ3v) is 7.08. The second-order valence-corrected chi connectivity index (χ2v) is 9.06. The van der Waals surface area contributed by atoms with Crippen molar-refractivity contribution < 1.29 is 19.1 Å². The Morgan fingerprint density at radius 3 is 2.71 bits per heavy atom. The van der Waals surface area contributed by atoms with Gasteiger partial charge in [-0.25, -0.2) is 0 Å². The van der Waals surface area contributed by atoms with Crippen LogP contribution in [-0.4, -0.2) is 66.1 Å². The number of morpholine rings is 1. The number of piperidine rings is 1. The van der Waals surface area contributed by atoms with Crippen LogP contribution in [0.4, 0.5) is 0 Å². The number of nitrogens with zero attached hydrogens (tertiary/aromatic N) is 2. The summed E-state index contributed by atoms with van der Waals surface area (Å²) in [6.07, 6.45) is 6.12. The lowest BCUT2D eigenvalue weighted by molar-refractivity contribution is -0.126. The van der Waals surface area contributed by atoms with Gasteiger partial charge in [0.25, 0.3) is 5.91 Å². The van der Waals surface area contributed by atoms with Gasteiger partial charge in [-0.2, -0.15) is 0 Å². The first-order chi connectivity index (χ1) is 15.1. The zero-order chi connectivity index (χ0) is 21.4. The fraction of sp³-hybridized carbons (Fsp3) is 0.583. The molecule has 4 aliphatic rings. The first-order valence-corrected chi connectivity index (χ1v) is 11.5. The number of hydrogen-bond acceptors (Lipinski definition) is 5. The van der Waals surface area contributed by atoms with Crippen LogP contribution in [0.3, 0.4) is 0 Å². The van der Waals surface area contributed by atoms with Gasteiger partial charge in [-0.05, 0) is 55.9 Å². The Bertz CT molecular complexity index is 880. The van der Waals surface area contributed by atoms with Crippen molar-refractivity contribution >= 4 is 11.8 Å². The minimum absolute atomic E-state index is 0.0712. The van der Waals surface area contributed by atoms with Gasteiger partial charge in [0.2, 0.25) is 5.91 Å². The van der Waals surface area contributed by atoms with Crippen molar-refractivity contribution in [1.82, 2.24) is 15.1 Å². The van der Waals surface area contributed by atoms with Crippen molar-refractivity contribution in [1.29, 1.82) is 0 Å². The van der Waals surface area contributed by atoms with Gasteiger partial charge in [0.05, 0.1) is 13.2 Å². The molecular formula is C24H31N3O4. The number of fused-ring (bicyclic) bond motifs is 1. The molecule has 7 nitrogen and oxygen atoms in total. The average Bonchev–Trinajstić information content (AvgIpc) is 3.10. The Balaban J connectivity index is 1.29. The first kappa shape index (κ1) is 20.5. The van der Waals surface area contributed by atoms with Gasteiger partial charge in [-0.1, -0.05) is 13.0 Å². The molecule has 3 fully saturated rings. The molecule has 3 atom stereocenters. The minimum Gasteiger partial charge on any atom is -0.489 e. The molecule has 0 spiro atoms. The fourth-order valence-electron chi connectivity index (χ4n) is 5.42. The van der Waals surface area contributed by atoms with Gasteiger partial charge >= 0.3 is 0 Å². The molecule has 1 unspecified atom stereocenters. The number of ether oxygens (including phenoxy) is 2. The fourth-order valence-corrected chi connectivity index (χ4v) is 5.42. The molecule has 166 valence electrons. The van der Waals surface area contributed by atoms with Gasteiger partial charge < -0.3 is 19.7 Å². The van der Waals surface area contributed by atoms with Gasteiger partial charge in [-0.3, -0.25) is 14.5 Å². The molecule has 1 aliphatic carbocycles. The summed E-state index contributed by atoms with van der Waals surface area (Å²) in [6, 6.07) is 5.76. The summed E-state index contributed by atoms with van der Waals surface area (Å²) in [5, 5.41) is 2.79. The van der Waals surface area contributed by atoms with Crippen LogP contribution in [0.2, 0.25) is 0 Å². The van der Waals surface area contributed by atoms with E-state index in [0.717, 1.165) is 56.2 Å². The number of benzene rings is 1. The van der Waals surface area contributed by atoms with Crippen LogP contribution in [0.1, 0.15) is 54.4 Å². The molecule has 1 N–H and O–H groups in total. The van der Waals surface area contributed by atoms with E-state index >= 15 is 0 Å². The van der Waals surface area contributed by atoms with E-state index in [1.165, 1.54) is 12.8 Å². The van der Waals surface area contributed by atoms with Crippen molar-refractivity contribution in [3.63, 3.8) is 0 Å². The van der Waals surface area contributed by atoms with Crippen molar-refractivity contribution in [2.45, 2.75) is 63.3 Å². The Hall–Kier alpha value is -2.38. The van der Waals surface area contributed by atoms with E-state index in [2.05, 4.69) is 16.8 Å². The van der Waals surface area contributed by atoms with E-state index in [1.54, 1.807) is 4.90 Å². The summed E-state index contributed by atoms with van der Waals surface area (Å²) in [5.41, 5.74) is 2.35. The number of hydrogen-bond donors (Lipinski definition) is 1. The number of amides is 2. The standard InChI is InChI=1S/C24H31N3O4/c1-16-6-9-21(23(28)25-16)27-15-17-14-18(7-8-19(17)24(27)29)31-22-5-3-2-4-20(22)26-10-12-30-13-11-26/h7-8,14,20-22H,1-6,9-13,15H2,(H,25,28)/t20-,21?,22+/m1/s1. The molecule has 3 heterocycles. The molecule has 3 aliphatic heterocycles. The van der Waals surface area contributed by atoms with E-state index in [-0.39, 0.29) is 17.9 Å². The molecule has 0 aromatic heterocycles. The van der Waals surface area contributed by atoms with Crippen molar-refractivity contribution in [2.75, 3.05) is 26.3 Å². The molecule has 7 heteroatoms. The molecule has 5 rings (SSSR count). The lowest BCUT2D eigenvalue weighted by Gasteiger charge is -2.41. The number of allylic oxidation sites excluding steroid dienone is 1. The van der Waals surface area contributed by atoms with Gasteiger partial charge in [0.1, 0.15) is 17.9 Å². The van der Waals surface area contributed by atoms with Crippen LogP contribution in [-0.2, 0) is 16.1 Å². The van der Waals surface area contributed by atoms with Crippen LogP contribution in [0, 0.1) is 0 Å². The summed E-state index contributed by atoms with van der Waals surface area (Å²) in [4.78, 5) is 29.6. The van der Waals surface area contributed by atoms with Crippen LogP contribution in [0.5, 0.6) is 5.75 Å². The summed E-state index contributed by atoms with van der Waals surface area (Å²) in [6.45, 7) is 7.80. The maximum Gasteiger partial charge on any atom is 0.255 e. The highest BCUT2D eigenvalue weighted by Crippen LogP contribution is 2.33. The van der Waals surface area contributed by atoms with E-state index in [1.807, 2.05) is 18.2 Å². The lowest BCUT2D eigenvalue weighted by Crippen LogP contribution is -2.52. The molecule has 31 heavy (non-hydrogen) atoms. The molecule has 0 bridgehead atoms. The third-order valence-electron chi connectivity index (χ3n) is 7.08. The molecule has 1 aromatic carbocycles. The maximum absolute atomic E-state index is 12.9. The van der Waals surface area contributed by atoms with E-state index < -0.39 is 6.04 Å². The van der Waals surface area contributed by atoms with E-state index in [9.17, 15) is 9.59 Å². The largest absolute Gasteiger partial charge is 0.489 e. The lowest BCUT2D eigenvalue weighted by atomic mass is 9.91. The third kappa shape index (κ3) is 4.08. The van der Waals surface area contributed by atoms with Crippen LogP contribution >= 0.6 is 0 Å². The highest BCUT2D eigenvalue weighted by molar-refractivity contribution is 6.01. The van der Waals surface area contributed by atoms with Crippen LogP contribution in [0.15, 0.2) is 30.5 Å². The van der Waals surface area contributed by atoms with Crippen molar-refractivity contribution in [3.05, 3.63) is 41.6 Å². The average molecular weight is 426 g/mol. The first-order valence-electron chi connectivity index (χ1n) is 11.5. The van der Waals surface area contributed by atoms with Crippen molar-refractivity contribution in [3.8, 4) is 5.75 Å². The second-order valence-electron chi connectivity index (χ2n) is 9.06. The number of rotatable bonds is 4. The molecular weight excluding hydrogens is 394 g/mol. The Morgan fingerprint density at radius 1 is 1.10 bits per heavy atom. The molecule has 0 radical (unpaired) electrons. The smallest absolute Gasteiger partial charge is 0.255 e. The number of carbonyl (C=O) groups excluding carboxylic acids is 2. The maximum atomic E-state index is 12.9. The highest BCUT2D eigenvalue weighted by Gasteiger charge is 2.38. The Labute approximate surface area is 183 Å². The van der Waals surface area contributed by atoms with Crippen molar-refractivity contribution in [2.24, 2.45) is 0 Å². The summed E-state index contributed by atoms with van der Waals surface area (Å²) >= 11 is 0. The van der Waals surface area contributed by atoms with Gasteiger partial charge in [-0.15, -0.1) is 0 Å². The van der Waals surface area contributed by atoms with Gasteiger partial charge in [0, 0.05) is 36.9 Å². The molecule has 2 amide bonds. The molecule has 2 saturated heterocycles. The Kier molecular flexibility index (Phi) is 5.71. The predicted octanol–water partition coefficient (Wildman–Crippen LogP) is 2.46. The Morgan fingerprint density at radius 2 is 1.90 bits per heavy atom. The van der Waals surface area contributed by atoms with Crippen LogP contribution < -0.4 is 10.1 Å². The summed E-state index contributed by atoms with van der Waals surface area (Å²) in [5.74, 6) is 0.613. The van der Waals surface area contributed by atoms with Crippen LogP contribution in [0.25, 0.3) is 0 Å². The minimum atomic E-state index is -0.432. The molecule has 1 saturated carbocycles. The quantitative estimate of drug-likeness (QED) is 0.803. The second kappa shape index (κ2) is 8.63. The zero-order valence-electron chi connectivity index (χ0n) is 18.0. The monoisotopic (exact) mass is 425 g/mol. The number of carbonyl (C=O) groups is 2. The normalized spacial score (nSPS) is 29.6. The number of nitrogens with one attached hydrogen (secondary N) is 1. The summed E-state index contributed by atoms with van der Waals surface area (Å²) < 4.78 is 12.0. The zero-order valence-corrected chi connectivity index (χ0v) is 18.0. The SMILES string of the molecule is C=C1CCC(N2Cc3cc(O[C@H]4CCCC[C@H]4N4CCOCC4)ccc3C2=O)C(=O)N1. The van der Waals surface area contributed by atoms with E-state index in [0.29, 0.717) is 31.0 Å². The topological polar surface area (TPSA) is 71.1 Å². The predicted molar refractivity (Wildman–Crippen MR) is 116 cm³/mol. The summed E-state index contributed by atoms with van der Waals surface area (Å²) in [7, 11) is 0. The highest BCUT2D eigenvalue weighted by atomic mass is 16.5. The van der Waals surface area contributed by atoms with E-state index in [4.69, 9.17) is 9.47 Å². The molecule has 1 aromatic rings.